The van der Waals surface area contributed by atoms with Crippen LogP contribution in [0.1, 0.15) is 40.0 Å². The van der Waals surface area contributed by atoms with E-state index in [4.69, 9.17) is 5.73 Å². The maximum atomic E-state index is 11.9. The van der Waals surface area contributed by atoms with Crippen LogP contribution in [0.15, 0.2) is 0 Å². The molecule has 3 atom stereocenters. The number of likely N-dealkylation sites (N-methyl/N-ethyl adjacent to an activating group) is 1. The molecule has 0 aromatic carbocycles. The predicted molar refractivity (Wildman–Crippen MR) is 81.5 cm³/mol. The lowest BCUT2D eigenvalue weighted by Gasteiger charge is -2.41. The summed E-state index contributed by atoms with van der Waals surface area (Å²) in [5, 5.41) is 3.43. The summed E-state index contributed by atoms with van der Waals surface area (Å²) in [7, 11) is 2.19. The zero-order chi connectivity index (χ0) is 14.9. The topological polar surface area (TPSA) is 61.6 Å². The molecule has 2 fully saturated rings. The highest BCUT2D eigenvalue weighted by molar-refractivity contribution is 5.85. The first-order chi connectivity index (χ1) is 9.34. The van der Waals surface area contributed by atoms with Gasteiger partial charge in [0.15, 0.2) is 0 Å². The Morgan fingerprint density at radius 1 is 1.40 bits per heavy atom. The quantitative estimate of drug-likeness (QED) is 0.783. The molecule has 1 amide bonds. The van der Waals surface area contributed by atoms with Gasteiger partial charge in [0.1, 0.15) is 0 Å². The number of nitrogens with zero attached hydrogens (tertiary/aromatic N) is 2. The van der Waals surface area contributed by atoms with Gasteiger partial charge in [-0.2, -0.15) is 0 Å². The van der Waals surface area contributed by atoms with E-state index in [1.54, 1.807) is 0 Å². The Balaban J connectivity index is 2.01. The van der Waals surface area contributed by atoms with Crippen molar-refractivity contribution in [1.82, 2.24) is 15.1 Å². The van der Waals surface area contributed by atoms with Crippen molar-refractivity contribution in [2.75, 3.05) is 26.7 Å². The summed E-state index contributed by atoms with van der Waals surface area (Å²) in [6.45, 7) is 9.74. The summed E-state index contributed by atoms with van der Waals surface area (Å²) in [5.74, 6) is -0.184. The molecule has 0 bridgehead atoms. The lowest BCUT2D eigenvalue weighted by Crippen LogP contribution is -2.58. The Kier molecular flexibility index (Phi) is 4.72. The predicted octanol–water partition coefficient (Wildman–Crippen LogP) is 0.397. The first-order valence-corrected chi connectivity index (χ1v) is 7.86. The fraction of sp³-hybridized carbons (Fsp3) is 0.933. The van der Waals surface area contributed by atoms with E-state index < -0.39 is 5.54 Å². The van der Waals surface area contributed by atoms with Gasteiger partial charge in [-0.1, -0.05) is 0 Å². The van der Waals surface area contributed by atoms with E-state index in [9.17, 15) is 4.79 Å². The molecule has 5 nitrogen and oxygen atoms in total. The molecule has 2 aliphatic rings. The fourth-order valence-electron chi connectivity index (χ4n) is 3.72. The van der Waals surface area contributed by atoms with Gasteiger partial charge < -0.3 is 16.0 Å². The second-order valence-corrected chi connectivity index (χ2v) is 6.97. The van der Waals surface area contributed by atoms with Crippen molar-refractivity contribution in [3.05, 3.63) is 0 Å². The van der Waals surface area contributed by atoms with Gasteiger partial charge in [-0.25, -0.2) is 0 Å². The van der Waals surface area contributed by atoms with Crippen LogP contribution < -0.4 is 11.1 Å². The number of carbonyl (C=O) groups excluding carboxylic acids is 1. The number of nitrogens with one attached hydrogen (secondary N) is 1. The van der Waals surface area contributed by atoms with E-state index in [0.29, 0.717) is 12.1 Å². The SMILES string of the molecule is CC(C)NC1(C(N)=O)CCC(N2CCN(C)C(C)C2)C1. The van der Waals surface area contributed by atoms with Gasteiger partial charge in [-0.3, -0.25) is 9.69 Å². The summed E-state index contributed by atoms with van der Waals surface area (Å²) < 4.78 is 0. The Hall–Kier alpha value is -0.650. The van der Waals surface area contributed by atoms with Gasteiger partial charge in [0, 0.05) is 37.8 Å². The molecule has 5 heteroatoms. The van der Waals surface area contributed by atoms with E-state index in [0.717, 1.165) is 38.9 Å². The zero-order valence-corrected chi connectivity index (χ0v) is 13.4. The maximum absolute atomic E-state index is 11.9. The molecule has 2 rings (SSSR count). The molecule has 1 saturated heterocycles. The largest absolute Gasteiger partial charge is 0.368 e. The third-order valence-electron chi connectivity index (χ3n) is 5.03. The average molecular weight is 282 g/mol. The third-order valence-corrected chi connectivity index (χ3v) is 5.03. The van der Waals surface area contributed by atoms with Crippen molar-refractivity contribution in [2.45, 2.75) is 63.7 Å². The summed E-state index contributed by atoms with van der Waals surface area (Å²) in [6.07, 6.45) is 2.79. The minimum absolute atomic E-state index is 0.184. The van der Waals surface area contributed by atoms with E-state index in [1.165, 1.54) is 0 Å². The minimum Gasteiger partial charge on any atom is -0.368 e. The van der Waals surface area contributed by atoms with Crippen molar-refractivity contribution >= 4 is 5.91 Å². The molecular weight excluding hydrogens is 252 g/mol. The lowest BCUT2D eigenvalue weighted by atomic mass is 9.95. The van der Waals surface area contributed by atoms with Crippen LogP contribution in [0.5, 0.6) is 0 Å². The van der Waals surface area contributed by atoms with E-state index in [2.05, 4.69) is 42.9 Å². The van der Waals surface area contributed by atoms with Gasteiger partial charge >= 0.3 is 0 Å². The molecule has 0 radical (unpaired) electrons. The van der Waals surface area contributed by atoms with Crippen molar-refractivity contribution in [3.8, 4) is 0 Å². The number of nitrogens with two attached hydrogens (primary N) is 1. The second kappa shape index (κ2) is 6.00. The van der Waals surface area contributed by atoms with Crippen LogP contribution in [-0.2, 0) is 4.79 Å². The Labute approximate surface area is 122 Å². The van der Waals surface area contributed by atoms with E-state index in [-0.39, 0.29) is 11.9 Å². The molecule has 1 heterocycles. The van der Waals surface area contributed by atoms with Crippen molar-refractivity contribution < 1.29 is 4.79 Å². The van der Waals surface area contributed by atoms with E-state index >= 15 is 0 Å². The molecule has 0 aromatic rings. The number of rotatable bonds is 4. The number of piperazine rings is 1. The monoisotopic (exact) mass is 282 g/mol. The first-order valence-electron chi connectivity index (χ1n) is 7.86. The minimum atomic E-state index is -0.495. The van der Waals surface area contributed by atoms with Crippen LogP contribution in [0.3, 0.4) is 0 Å². The van der Waals surface area contributed by atoms with Crippen LogP contribution in [0, 0.1) is 0 Å². The maximum Gasteiger partial charge on any atom is 0.237 e. The highest BCUT2D eigenvalue weighted by Crippen LogP contribution is 2.34. The molecule has 1 saturated carbocycles. The molecule has 0 aromatic heterocycles. The standard InChI is InChI=1S/C15H30N4O/c1-11(2)17-15(14(16)20)6-5-13(9-15)19-8-7-18(4)12(3)10-19/h11-13,17H,5-10H2,1-4H3,(H2,16,20). The molecule has 20 heavy (non-hydrogen) atoms. The third kappa shape index (κ3) is 3.15. The van der Waals surface area contributed by atoms with Crippen LogP contribution in [0.25, 0.3) is 0 Å². The Bertz CT molecular complexity index is 360. The van der Waals surface area contributed by atoms with Crippen molar-refractivity contribution in [2.24, 2.45) is 5.73 Å². The van der Waals surface area contributed by atoms with Gasteiger partial charge in [-0.05, 0) is 47.1 Å². The lowest BCUT2D eigenvalue weighted by molar-refractivity contribution is -0.124. The van der Waals surface area contributed by atoms with E-state index in [1.807, 2.05) is 0 Å². The van der Waals surface area contributed by atoms with Crippen LogP contribution in [0.2, 0.25) is 0 Å². The van der Waals surface area contributed by atoms with Crippen molar-refractivity contribution in [3.63, 3.8) is 0 Å². The summed E-state index contributed by atoms with van der Waals surface area (Å²) >= 11 is 0. The molecule has 0 spiro atoms. The molecule has 3 unspecified atom stereocenters. The molecule has 116 valence electrons. The second-order valence-electron chi connectivity index (χ2n) is 6.97. The number of primary amides is 1. The van der Waals surface area contributed by atoms with Crippen LogP contribution in [0.4, 0.5) is 0 Å². The Morgan fingerprint density at radius 3 is 2.65 bits per heavy atom. The first kappa shape index (κ1) is 15.7. The zero-order valence-electron chi connectivity index (χ0n) is 13.4. The summed E-state index contributed by atoms with van der Waals surface area (Å²) in [4.78, 5) is 16.9. The average Bonchev–Trinajstić information content (AvgIpc) is 2.77. The number of carbonyl (C=O) groups is 1. The Morgan fingerprint density at radius 2 is 2.10 bits per heavy atom. The smallest absolute Gasteiger partial charge is 0.237 e. The molecular formula is C15H30N4O. The van der Waals surface area contributed by atoms with Gasteiger partial charge in [0.25, 0.3) is 0 Å². The van der Waals surface area contributed by atoms with Crippen LogP contribution in [-0.4, -0.2) is 66.1 Å². The normalized spacial score (nSPS) is 36.6. The van der Waals surface area contributed by atoms with Gasteiger partial charge in [-0.15, -0.1) is 0 Å². The number of hydrogen-bond donors (Lipinski definition) is 2. The van der Waals surface area contributed by atoms with Crippen LogP contribution >= 0.6 is 0 Å². The highest BCUT2D eigenvalue weighted by atomic mass is 16.1. The summed E-state index contributed by atoms with van der Waals surface area (Å²) in [6, 6.07) is 1.36. The number of hydrogen-bond acceptors (Lipinski definition) is 4. The fourth-order valence-corrected chi connectivity index (χ4v) is 3.72. The highest BCUT2D eigenvalue weighted by Gasteiger charge is 2.46. The molecule has 1 aliphatic heterocycles. The summed E-state index contributed by atoms with van der Waals surface area (Å²) in [5.41, 5.74) is 5.20. The molecule has 1 aliphatic carbocycles. The number of amides is 1. The van der Waals surface area contributed by atoms with Gasteiger partial charge in [0.2, 0.25) is 5.91 Å². The molecule has 3 N–H and O–H groups in total. The van der Waals surface area contributed by atoms with Gasteiger partial charge in [0.05, 0.1) is 5.54 Å². The van der Waals surface area contributed by atoms with Crippen molar-refractivity contribution in [1.29, 1.82) is 0 Å².